The second-order valence-electron chi connectivity index (χ2n) is 8.43. The SMILES string of the molecule is CCN(CC)C(CNC(=O)c1ccc(NC(=O)OC(C)(C)C)cc1)c1cccc(OC)c1. The Morgan fingerprint density at radius 3 is 2.25 bits per heavy atom. The average Bonchev–Trinajstić information content (AvgIpc) is 2.75. The van der Waals surface area contributed by atoms with E-state index in [0.717, 1.165) is 24.4 Å². The van der Waals surface area contributed by atoms with Crippen molar-refractivity contribution in [1.82, 2.24) is 10.2 Å². The van der Waals surface area contributed by atoms with Crippen LogP contribution in [0.15, 0.2) is 48.5 Å². The number of carbonyl (C=O) groups excluding carboxylic acids is 2. The first-order valence-corrected chi connectivity index (χ1v) is 10.9. The molecule has 0 bridgehead atoms. The van der Waals surface area contributed by atoms with Crippen molar-refractivity contribution in [2.75, 3.05) is 32.1 Å². The van der Waals surface area contributed by atoms with Crippen LogP contribution < -0.4 is 15.4 Å². The minimum absolute atomic E-state index is 0.0251. The molecule has 0 spiro atoms. The Morgan fingerprint density at radius 2 is 1.69 bits per heavy atom. The molecule has 2 aromatic rings. The molecule has 0 saturated heterocycles. The fraction of sp³-hybridized carbons (Fsp3) is 0.440. The van der Waals surface area contributed by atoms with E-state index in [1.165, 1.54) is 0 Å². The van der Waals surface area contributed by atoms with Gasteiger partial charge in [-0.2, -0.15) is 0 Å². The molecule has 2 aromatic carbocycles. The fourth-order valence-electron chi connectivity index (χ4n) is 3.39. The Bertz CT molecular complexity index is 887. The number of hydrogen-bond acceptors (Lipinski definition) is 5. The van der Waals surface area contributed by atoms with Crippen molar-refractivity contribution in [3.63, 3.8) is 0 Å². The van der Waals surface area contributed by atoms with Gasteiger partial charge in [0.25, 0.3) is 5.91 Å². The van der Waals surface area contributed by atoms with Gasteiger partial charge >= 0.3 is 6.09 Å². The summed E-state index contributed by atoms with van der Waals surface area (Å²) in [5.74, 6) is 0.618. The minimum Gasteiger partial charge on any atom is -0.497 e. The van der Waals surface area contributed by atoms with Crippen LogP contribution in [-0.4, -0.2) is 49.2 Å². The molecule has 0 aromatic heterocycles. The van der Waals surface area contributed by atoms with Crippen LogP contribution in [0, 0.1) is 0 Å². The highest BCUT2D eigenvalue weighted by molar-refractivity contribution is 5.95. The van der Waals surface area contributed by atoms with Crippen molar-refractivity contribution in [3.8, 4) is 5.75 Å². The van der Waals surface area contributed by atoms with Gasteiger partial charge in [-0.25, -0.2) is 4.79 Å². The molecule has 2 N–H and O–H groups in total. The van der Waals surface area contributed by atoms with E-state index in [-0.39, 0.29) is 11.9 Å². The number of amides is 2. The molecule has 0 aliphatic rings. The van der Waals surface area contributed by atoms with Gasteiger partial charge in [-0.1, -0.05) is 26.0 Å². The molecule has 0 saturated carbocycles. The molecule has 7 heteroatoms. The molecule has 0 radical (unpaired) electrons. The normalized spacial score (nSPS) is 12.2. The summed E-state index contributed by atoms with van der Waals surface area (Å²) < 4.78 is 10.6. The zero-order valence-corrected chi connectivity index (χ0v) is 19.9. The third-order valence-electron chi connectivity index (χ3n) is 4.98. The van der Waals surface area contributed by atoms with Crippen molar-refractivity contribution in [3.05, 3.63) is 59.7 Å². The largest absolute Gasteiger partial charge is 0.497 e. The van der Waals surface area contributed by atoms with Gasteiger partial charge in [-0.3, -0.25) is 15.0 Å². The number of rotatable bonds is 9. The molecule has 0 fully saturated rings. The molecule has 174 valence electrons. The molecule has 1 unspecified atom stereocenters. The molecule has 32 heavy (non-hydrogen) atoms. The number of hydrogen-bond donors (Lipinski definition) is 2. The van der Waals surface area contributed by atoms with Crippen LogP contribution in [0.4, 0.5) is 10.5 Å². The van der Waals surface area contributed by atoms with E-state index >= 15 is 0 Å². The van der Waals surface area contributed by atoms with E-state index in [4.69, 9.17) is 9.47 Å². The van der Waals surface area contributed by atoms with Crippen LogP contribution in [0.25, 0.3) is 0 Å². The zero-order chi connectivity index (χ0) is 23.7. The van der Waals surface area contributed by atoms with Gasteiger partial charge in [0.1, 0.15) is 11.4 Å². The maximum atomic E-state index is 12.8. The van der Waals surface area contributed by atoms with Crippen LogP contribution in [0.2, 0.25) is 0 Å². The number of likely N-dealkylation sites (N-methyl/N-ethyl adjacent to an activating group) is 1. The standard InChI is InChI=1S/C25H35N3O4/c1-7-28(8-2)22(19-10-9-11-21(16-19)31-6)17-26-23(29)18-12-14-20(15-13-18)27-24(30)32-25(3,4)5/h9-16,22H,7-8,17H2,1-6H3,(H,26,29)(H,27,30). The van der Waals surface area contributed by atoms with Crippen LogP contribution in [0.1, 0.15) is 56.6 Å². The monoisotopic (exact) mass is 441 g/mol. The first-order chi connectivity index (χ1) is 15.2. The number of carbonyl (C=O) groups is 2. The Morgan fingerprint density at radius 1 is 1.03 bits per heavy atom. The third kappa shape index (κ3) is 7.57. The third-order valence-corrected chi connectivity index (χ3v) is 4.98. The molecule has 7 nitrogen and oxygen atoms in total. The Labute approximate surface area is 191 Å². The van der Waals surface area contributed by atoms with Crippen molar-refractivity contribution < 1.29 is 19.1 Å². The predicted octanol–water partition coefficient (Wildman–Crippen LogP) is 4.86. The second-order valence-corrected chi connectivity index (χ2v) is 8.43. The topological polar surface area (TPSA) is 79.9 Å². The lowest BCUT2D eigenvalue weighted by atomic mass is 10.0. The number of nitrogens with zero attached hydrogens (tertiary/aromatic N) is 1. The summed E-state index contributed by atoms with van der Waals surface area (Å²) in [6.07, 6.45) is -0.532. The van der Waals surface area contributed by atoms with Gasteiger partial charge < -0.3 is 14.8 Å². The minimum atomic E-state index is -0.575. The van der Waals surface area contributed by atoms with Gasteiger partial charge in [0.15, 0.2) is 0 Å². The van der Waals surface area contributed by atoms with Crippen molar-refractivity contribution in [2.45, 2.75) is 46.3 Å². The predicted molar refractivity (Wildman–Crippen MR) is 127 cm³/mol. The van der Waals surface area contributed by atoms with Gasteiger partial charge in [-0.15, -0.1) is 0 Å². The Hall–Kier alpha value is -3.06. The number of benzene rings is 2. The molecule has 2 rings (SSSR count). The number of nitrogens with one attached hydrogen (secondary N) is 2. The first kappa shape index (κ1) is 25.2. The molecule has 0 heterocycles. The summed E-state index contributed by atoms with van der Waals surface area (Å²) >= 11 is 0. The number of ether oxygens (including phenoxy) is 2. The van der Waals surface area contributed by atoms with Crippen molar-refractivity contribution >= 4 is 17.7 Å². The molecule has 0 aliphatic carbocycles. The summed E-state index contributed by atoms with van der Waals surface area (Å²) in [5.41, 5.74) is 1.59. The van der Waals surface area contributed by atoms with Crippen LogP contribution >= 0.6 is 0 Å². The van der Waals surface area contributed by atoms with E-state index in [1.54, 1.807) is 52.1 Å². The Kier molecular flexibility index (Phi) is 9.08. The smallest absolute Gasteiger partial charge is 0.412 e. The summed E-state index contributed by atoms with van der Waals surface area (Å²) in [5, 5.41) is 5.71. The highest BCUT2D eigenvalue weighted by Gasteiger charge is 2.20. The van der Waals surface area contributed by atoms with E-state index in [9.17, 15) is 9.59 Å². The van der Waals surface area contributed by atoms with Crippen molar-refractivity contribution in [1.29, 1.82) is 0 Å². The molecule has 0 aliphatic heterocycles. The van der Waals surface area contributed by atoms with E-state index < -0.39 is 11.7 Å². The molecule has 2 amide bonds. The summed E-state index contributed by atoms with van der Waals surface area (Å²) in [6, 6.07) is 14.7. The molecular weight excluding hydrogens is 406 g/mol. The maximum Gasteiger partial charge on any atom is 0.412 e. The molecular formula is C25H35N3O4. The number of anilines is 1. The quantitative estimate of drug-likeness (QED) is 0.581. The van der Waals surface area contributed by atoms with Crippen LogP contribution in [-0.2, 0) is 4.74 Å². The van der Waals surface area contributed by atoms with Gasteiger partial charge in [0, 0.05) is 17.8 Å². The summed E-state index contributed by atoms with van der Waals surface area (Å²) in [4.78, 5) is 27.0. The fourth-order valence-corrected chi connectivity index (χ4v) is 3.39. The van der Waals surface area contributed by atoms with Crippen molar-refractivity contribution in [2.24, 2.45) is 0 Å². The summed E-state index contributed by atoms with van der Waals surface area (Å²) in [7, 11) is 1.65. The highest BCUT2D eigenvalue weighted by Crippen LogP contribution is 2.24. The lowest BCUT2D eigenvalue weighted by Gasteiger charge is -2.30. The lowest BCUT2D eigenvalue weighted by molar-refractivity contribution is 0.0635. The number of methoxy groups -OCH3 is 1. The summed E-state index contributed by atoms with van der Waals surface area (Å²) in [6.45, 7) is 11.8. The van der Waals surface area contributed by atoms with Gasteiger partial charge in [0.2, 0.25) is 0 Å². The Balaban J connectivity index is 2.05. The first-order valence-electron chi connectivity index (χ1n) is 10.9. The second kappa shape index (κ2) is 11.5. The van der Waals surface area contributed by atoms with E-state index in [2.05, 4.69) is 35.4 Å². The average molecular weight is 442 g/mol. The zero-order valence-electron chi connectivity index (χ0n) is 19.9. The van der Waals surface area contributed by atoms with E-state index in [0.29, 0.717) is 17.8 Å². The maximum absolute atomic E-state index is 12.8. The highest BCUT2D eigenvalue weighted by atomic mass is 16.6. The van der Waals surface area contributed by atoms with Crippen LogP contribution in [0.5, 0.6) is 5.75 Å². The van der Waals surface area contributed by atoms with Gasteiger partial charge in [-0.05, 0) is 75.8 Å². The van der Waals surface area contributed by atoms with Crippen LogP contribution in [0.3, 0.4) is 0 Å². The van der Waals surface area contributed by atoms with Gasteiger partial charge in [0.05, 0.1) is 13.2 Å². The van der Waals surface area contributed by atoms with E-state index in [1.807, 2.05) is 18.2 Å². The lowest BCUT2D eigenvalue weighted by Crippen LogP contribution is -2.38. The molecule has 1 atom stereocenters.